The third kappa shape index (κ3) is 4.26. The van der Waals surface area contributed by atoms with E-state index in [1.54, 1.807) is 12.1 Å². The lowest BCUT2D eigenvalue weighted by Gasteiger charge is -2.19. The molecule has 0 spiro atoms. The lowest BCUT2D eigenvalue weighted by molar-refractivity contribution is -0.141. The van der Waals surface area contributed by atoms with E-state index in [2.05, 4.69) is 10.1 Å². The first kappa shape index (κ1) is 22.3. The fourth-order valence-electron chi connectivity index (χ4n) is 4.46. The second kappa shape index (κ2) is 9.06. The number of furan rings is 1. The molecule has 0 fully saturated rings. The van der Waals surface area contributed by atoms with Crippen LogP contribution in [0.2, 0.25) is 0 Å². The number of carbonyl (C=O) groups is 2. The number of aryl methyl sites for hydroxylation is 1. The topological polar surface area (TPSA) is 116 Å². The minimum absolute atomic E-state index is 0.206. The van der Waals surface area contributed by atoms with Crippen molar-refractivity contribution in [1.82, 2.24) is 9.99 Å². The number of carboxylic acids is 1. The predicted octanol–water partition coefficient (Wildman–Crippen LogP) is 4.64. The molecule has 176 valence electrons. The number of aromatic amines is 1. The molecule has 0 bridgehead atoms. The van der Waals surface area contributed by atoms with Crippen LogP contribution in [0, 0.1) is 6.92 Å². The Morgan fingerprint density at radius 1 is 1.06 bits per heavy atom. The summed E-state index contributed by atoms with van der Waals surface area (Å²) in [5.41, 5.74) is 3.91. The van der Waals surface area contributed by atoms with Crippen LogP contribution in [0.1, 0.15) is 42.2 Å². The SMILES string of the molecule is Cc1ccc(-c2c(C3=NN(C(=O)CCC(=O)O)C(c4ccco4)C3)c(=O)[nH]c3ccccc23)cc1. The molecule has 5 rings (SSSR count). The molecule has 1 aliphatic rings. The molecular weight excluding hydrogens is 446 g/mol. The van der Waals surface area contributed by atoms with Crippen LogP contribution in [0.25, 0.3) is 22.0 Å². The Morgan fingerprint density at radius 2 is 1.83 bits per heavy atom. The number of nitrogens with one attached hydrogen (secondary N) is 1. The van der Waals surface area contributed by atoms with E-state index in [4.69, 9.17) is 9.52 Å². The van der Waals surface area contributed by atoms with E-state index in [0.29, 0.717) is 22.6 Å². The van der Waals surface area contributed by atoms with Crippen LogP contribution >= 0.6 is 0 Å². The van der Waals surface area contributed by atoms with Gasteiger partial charge < -0.3 is 14.5 Å². The van der Waals surface area contributed by atoms with Crippen molar-refractivity contribution < 1.29 is 19.1 Å². The number of H-pyrrole nitrogens is 1. The number of amides is 1. The van der Waals surface area contributed by atoms with Crippen molar-refractivity contribution in [3.63, 3.8) is 0 Å². The summed E-state index contributed by atoms with van der Waals surface area (Å²) >= 11 is 0. The van der Waals surface area contributed by atoms with Gasteiger partial charge in [0.05, 0.1) is 24.0 Å². The predicted molar refractivity (Wildman–Crippen MR) is 131 cm³/mol. The third-order valence-electron chi connectivity index (χ3n) is 6.14. The maximum Gasteiger partial charge on any atom is 0.303 e. The van der Waals surface area contributed by atoms with Gasteiger partial charge in [-0.05, 0) is 30.7 Å². The Kier molecular flexibility index (Phi) is 5.78. The molecule has 4 aromatic rings. The van der Waals surface area contributed by atoms with E-state index < -0.39 is 17.9 Å². The van der Waals surface area contributed by atoms with Crippen molar-refractivity contribution in [1.29, 1.82) is 0 Å². The van der Waals surface area contributed by atoms with Crippen molar-refractivity contribution >= 4 is 28.5 Å². The second-order valence-electron chi connectivity index (χ2n) is 8.53. The summed E-state index contributed by atoms with van der Waals surface area (Å²) in [6.45, 7) is 2.00. The molecule has 3 heterocycles. The average molecular weight is 469 g/mol. The Balaban J connectivity index is 1.68. The van der Waals surface area contributed by atoms with Crippen molar-refractivity contribution in [3.05, 3.63) is 94.2 Å². The minimum atomic E-state index is -1.07. The first-order valence-corrected chi connectivity index (χ1v) is 11.3. The highest BCUT2D eigenvalue weighted by Crippen LogP contribution is 2.37. The number of pyridine rings is 1. The van der Waals surface area contributed by atoms with Crippen LogP contribution in [0.5, 0.6) is 0 Å². The molecule has 8 nitrogen and oxygen atoms in total. The van der Waals surface area contributed by atoms with Gasteiger partial charge in [0.25, 0.3) is 5.56 Å². The Bertz CT molecular complexity index is 1500. The Morgan fingerprint density at radius 3 is 2.54 bits per heavy atom. The van der Waals surface area contributed by atoms with Crippen molar-refractivity contribution in [2.75, 3.05) is 0 Å². The van der Waals surface area contributed by atoms with Gasteiger partial charge >= 0.3 is 5.97 Å². The number of para-hydroxylation sites is 1. The zero-order valence-electron chi connectivity index (χ0n) is 19.0. The highest BCUT2D eigenvalue weighted by Gasteiger charge is 2.36. The number of carbonyl (C=O) groups excluding carboxylic acids is 1. The molecule has 1 amide bonds. The summed E-state index contributed by atoms with van der Waals surface area (Å²) in [7, 11) is 0. The molecule has 1 aliphatic heterocycles. The molecule has 0 saturated heterocycles. The number of carboxylic acid groups (broad SMARTS) is 1. The van der Waals surface area contributed by atoms with Gasteiger partial charge in [0.2, 0.25) is 5.91 Å². The molecular formula is C27H23N3O5. The molecule has 0 saturated carbocycles. The molecule has 2 N–H and O–H groups in total. The van der Waals surface area contributed by atoms with Gasteiger partial charge in [-0.25, -0.2) is 5.01 Å². The minimum Gasteiger partial charge on any atom is -0.481 e. The normalized spacial score (nSPS) is 15.4. The molecule has 1 unspecified atom stereocenters. The average Bonchev–Trinajstić information content (AvgIpc) is 3.52. The summed E-state index contributed by atoms with van der Waals surface area (Å²) in [5.74, 6) is -0.997. The number of hydrogen-bond donors (Lipinski definition) is 2. The number of hydrazone groups is 1. The van der Waals surface area contributed by atoms with Crippen LogP contribution in [-0.2, 0) is 9.59 Å². The maximum absolute atomic E-state index is 13.4. The first-order chi connectivity index (χ1) is 16.9. The van der Waals surface area contributed by atoms with Gasteiger partial charge in [-0.2, -0.15) is 5.10 Å². The van der Waals surface area contributed by atoms with Crippen molar-refractivity contribution in [2.45, 2.75) is 32.2 Å². The van der Waals surface area contributed by atoms with E-state index >= 15 is 0 Å². The lowest BCUT2D eigenvalue weighted by atomic mass is 9.91. The van der Waals surface area contributed by atoms with Crippen LogP contribution in [0.3, 0.4) is 0 Å². The quantitative estimate of drug-likeness (QED) is 0.427. The van der Waals surface area contributed by atoms with Gasteiger partial charge in [0, 0.05) is 29.3 Å². The van der Waals surface area contributed by atoms with E-state index in [-0.39, 0.29) is 24.8 Å². The maximum atomic E-state index is 13.4. The number of benzene rings is 2. The summed E-state index contributed by atoms with van der Waals surface area (Å²) in [6, 6.07) is 18.4. The largest absolute Gasteiger partial charge is 0.481 e. The van der Waals surface area contributed by atoms with E-state index in [0.717, 1.165) is 22.1 Å². The molecule has 35 heavy (non-hydrogen) atoms. The molecule has 0 aliphatic carbocycles. The Hall–Kier alpha value is -4.46. The number of fused-ring (bicyclic) bond motifs is 1. The summed E-state index contributed by atoms with van der Waals surface area (Å²) < 4.78 is 5.57. The number of aliphatic carboxylic acids is 1. The van der Waals surface area contributed by atoms with Gasteiger partial charge in [-0.3, -0.25) is 14.4 Å². The summed E-state index contributed by atoms with van der Waals surface area (Å²) in [4.78, 5) is 40.4. The highest BCUT2D eigenvalue weighted by atomic mass is 16.4. The number of aromatic nitrogens is 1. The molecule has 2 aromatic heterocycles. The van der Waals surface area contributed by atoms with Crippen molar-refractivity contribution in [3.8, 4) is 11.1 Å². The van der Waals surface area contributed by atoms with Crippen LogP contribution in [0.4, 0.5) is 0 Å². The van der Waals surface area contributed by atoms with Gasteiger partial charge in [-0.1, -0.05) is 48.0 Å². The van der Waals surface area contributed by atoms with Crippen molar-refractivity contribution in [2.24, 2.45) is 5.10 Å². The Labute approximate surface area is 200 Å². The van der Waals surface area contributed by atoms with Crippen LogP contribution in [0.15, 0.2) is 81.2 Å². The van der Waals surface area contributed by atoms with Crippen LogP contribution < -0.4 is 5.56 Å². The lowest BCUT2D eigenvalue weighted by Crippen LogP contribution is -2.27. The molecule has 8 heteroatoms. The first-order valence-electron chi connectivity index (χ1n) is 11.3. The monoisotopic (exact) mass is 469 g/mol. The van der Waals surface area contributed by atoms with Crippen LogP contribution in [-0.4, -0.2) is 32.7 Å². The molecule has 2 aromatic carbocycles. The second-order valence-corrected chi connectivity index (χ2v) is 8.53. The number of hydrogen-bond acceptors (Lipinski definition) is 5. The highest BCUT2D eigenvalue weighted by molar-refractivity contribution is 6.12. The van der Waals surface area contributed by atoms with Gasteiger partial charge in [0.1, 0.15) is 11.8 Å². The third-order valence-corrected chi connectivity index (χ3v) is 6.14. The number of nitrogens with zero attached hydrogens (tertiary/aromatic N) is 2. The molecule has 1 atom stereocenters. The van der Waals surface area contributed by atoms with Gasteiger partial charge in [0.15, 0.2) is 0 Å². The fourth-order valence-corrected chi connectivity index (χ4v) is 4.46. The fraction of sp³-hybridized carbons (Fsp3) is 0.185. The zero-order valence-corrected chi connectivity index (χ0v) is 19.0. The van der Waals surface area contributed by atoms with E-state index in [1.165, 1.54) is 11.3 Å². The van der Waals surface area contributed by atoms with E-state index in [1.807, 2.05) is 55.5 Å². The van der Waals surface area contributed by atoms with E-state index in [9.17, 15) is 14.4 Å². The summed E-state index contributed by atoms with van der Waals surface area (Å²) in [5, 5.41) is 15.7. The smallest absolute Gasteiger partial charge is 0.303 e. The summed E-state index contributed by atoms with van der Waals surface area (Å²) in [6.07, 6.45) is 1.25. The number of rotatable bonds is 6. The zero-order chi connectivity index (χ0) is 24.5. The standard InChI is InChI=1S/C27H23N3O5/c1-16-8-10-17(11-9-16)25-18-5-2-3-6-19(18)28-27(34)26(25)20-15-21(22-7-4-14-35-22)30(29-20)23(31)12-13-24(32)33/h2-11,14,21H,12-13,15H2,1H3,(H,28,34)(H,32,33). The van der Waals surface area contributed by atoms with Gasteiger partial charge in [-0.15, -0.1) is 0 Å². The molecule has 0 radical (unpaired) electrons.